The van der Waals surface area contributed by atoms with Crippen molar-refractivity contribution in [2.75, 3.05) is 0 Å². The van der Waals surface area contributed by atoms with Crippen LogP contribution in [0.2, 0.25) is 0 Å². The van der Waals surface area contributed by atoms with E-state index in [9.17, 15) is 5.11 Å². The highest BCUT2D eigenvalue weighted by atomic mass is 32.1. The van der Waals surface area contributed by atoms with Gasteiger partial charge in [-0.05, 0) is 25.2 Å². The van der Waals surface area contributed by atoms with Crippen LogP contribution in [0, 0.1) is 17.8 Å². The van der Waals surface area contributed by atoms with E-state index in [1.807, 2.05) is 6.92 Å². The Morgan fingerprint density at radius 1 is 1.45 bits per heavy atom. The molecule has 2 heteroatoms. The number of hydrogen-bond acceptors (Lipinski definition) is 2. The van der Waals surface area contributed by atoms with Gasteiger partial charge in [-0.25, -0.2) is 0 Å². The van der Waals surface area contributed by atoms with Crippen LogP contribution in [0.1, 0.15) is 27.2 Å². The molecule has 64 valence electrons. The van der Waals surface area contributed by atoms with Crippen molar-refractivity contribution >= 4 is 12.6 Å². The third-order valence-electron chi connectivity index (χ3n) is 4.21. The molecule has 5 unspecified atom stereocenters. The van der Waals surface area contributed by atoms with Crippen molar-refractivity contribution in [3.8, 4) is 0 Å². The summed E-state index contributed by atoms with van der Waals surface area (Å²) in [6, 6.07) is 0. The van der Waals surface area contributed by atoms with Crippen molar-refractivity contribution < 1.29 is 5.11 Å². The second-order valence-corrected chi connectivity index (χ2v) is 5.30. The molecule has 0 saturated heterocycles. The Morgan fingerprint density at radius 3 is 2.27 bits per heavy atom. The molecular weight excluding hydrogens is 156 g/mol. The van der Waals surface area contributed by atoms with Crippen LogP contribution < -0.4 is 0 Å². The molecule has 0 aromatic heterocycles. The maximum Gasteiger partial charge on any atom is 0.0700 e. The molecule has 0 aliphatic heterocycles. The lowest BCUT2D eigenvalue weighted by atomic mass is 9.41. The van der Waals surface area contributed by atoms with E-state index in [4.69, 9.17) is 0 Å². The number of aliphatic hydroxyl groups is 1. The average molecular weight is 172 g/mol. The van der Waals surface area contributed by atoms with Crippen LogP contribution >= 0.6 is 12.6 Å². The minimum Gasteiger partial charge on any atom is -0.390 e. The zero-order valence-electron chi connectivity index (χ0n) is 7.33. The minimum atomic E-state index is -0.436. The molecular formula is C9H16OS. The molecule has 0 radical (unpaired) electrons. The number of rotatable bonds is 0. The van der Waals surface area contributed by atoms with Crippen molar-refractivity contribution in [3.05, 3.63) is 0 Å². The van der Waals surface area contributed by atoms with E-state index in [0.29, 0.717) is 17.8 Å². The van der Waals surface area contributed by atoms with Gasteiger partial charge in [0.2, 0.25) is 0 Å². The van der Waals surface area contributed by atoms with E-state index in [0.717, 1.165) is 6.42 Å². The first-order chi connectivity index (χ1) is 4.91. The Bertz CT molecular complexity index is 192. The van der Waals surface area contributed by atoms with Gasteiger partial charge in [0.15, 0.2) is 0 Å². The minimum absolute atomic E-state index is 0.156. The first-order valence-electron chi connectivity index (χ1n) is 4.36. The van der Waals surface area contributed by atoms with Crippen LogP contribution in [0.15, 0.2) is 0 Å². The second-order valence-electron chi connectivity index (χ2n) is 4.52. The predicted molar refractivity (Wildman–Crippen MR) is 48.8 cm³/mol. The molecule has 2 aliphatic rings. The number of fused-ring (bicyclic) bond motifs is 1. The third-order valence-corrected chi connectivity index (χ3v) is 5.35. The van der Waals surface area contributed by atoms with Crippen molar-refractivity contribution in [1.82, 2.24) is 0 Å². The Balaban J connectivity index is 2.23. The maximum atomic E-state index is 9.91. The molecule has 0 amide bonds. The van der Waals surface area contributed by atoms with E-state index in [1.165, 1.54) is 0 Å². The first kappa shape index (κ1) is 7.93. The zero-order chi connectivity index (χ0) is 8.44. The van der Waals surface area contributed by atoms with Gasteiger partial charge in [-0.3, -0.25) is 0 Å². The second kappa shape index (κ2) is 1.80. The maximum absolute atomic E-state index is 9.91. The third kappa shape index (κ3) is 0.605. The van der Waals surface area contributed by atoms with Gasteiger partial charge in [0.05, 0.1) is 5.60 Å². The molecule has 0 aromatic rings. The summed E-state index contributed by atoms with van der Waals surface area (Å²) in [7, 11) is 0. The van der Waals surface area contributed by atoms with Crippen LogP contribution in [0.5, 0.6) is 0 Å². The molecule has 0 bridgehead atoms. The smallest absolute Gasteiger partial charge is 0.0700 e. The van der Waals surface area contributed by atoms with Gasteiger partial charge < -0.3 is 5.11 Å². The molecule has 2 aliphatic carbocycles. The first-order valence-corrected chi connectivity index (χ1v) is 4.81. The summed E-state index contributed by atoms with van der Waals surface area (Å²) >= 11 is 4.67. The summed E-state index contributed by atoms with van der Waals surface area (Å²) in [5.41, 5.74) is -0.436. The average Bonchev–Trinajstić information content (AvgIpc) is 1.96. The fourth-order valence-corrected chi connectivity index (χ4v) is 3.76. The summed E-state index contributed by atoms with van der Waals surface area (Å²) < 4.78 is 0.156. The van der Waals surface area contributed by atoms with Gasteiger partial charge >= 0.3 is 0 Å². The van der Waals surface area contributed by atoms with E-state index < -0.39 is 5.60 Å². The van der Waals surface area contributed by atoms with Crippen molar-refractivity contribution in [1.29, 1.82) is 0 Å². The molecule has 2 rings (SSSR count). The lowest BCUT2D eigenvalue weighted by Gasteiger charge is -2.72. The SMILES string of the molecule is CC1CC2C(C)(O)C(C)C12S. The highest BCUT2D eigenvalue weighted by Crippen LogP contribution is 2.69. The highest BCUT2D eigenvalue weighted by Gasteiger charge is 2.72. The van der Waals surface area contributed by atoms with Crippen molar-refractivity contribution in [2.45, 2.75) is 37.5 Å². The van der Waals surface area contributed by atoms with Gasteiger partial charge in [-0.15, -0.1) is 0 Å². The van der Waals surface area contributed by atoms with Gasteiger partial charge in [-0.2, -0.15) is 12.6 Å². The monoisotopic (exact) mass is 172 g/mol. The van der Waals surface area contributed by atoms with Crippen LogP contribution in [0.25, 0.3) is 0 Å². The summed E-state index contributed by atoms with van der Waals surface area (Å²) in [5.74, 6) is 1.49. The van der Waals surface area contributed by atoms with Crippen LogP contribution in [-0.4, -0.2) is 15.5 Å². The Morgan fingerprint density at radius 2 is 2.00 bits per heavy atom. The molecule has 0 aromatic carbocycles. The van der Waals surface area contributed by atoms with Gasteiger partial charge in [0, 0.05) is 10.7 Å². The molecule has 0 heterocycles. The number of thiol groups is 1. The Kier molecular flexibility index (Phi) is 1.29. The molecule has 2 fully saturated rings. The van der Waals surface area contributed by atoms with Crippen LogP contribution in [0.3, 0.4) is 0 Å². The van der Waals surface area contributed by atoms with E-state index in [1.54, 1.807) is 0 Å². The largest absolute Gasteiger partial charge is 0.390 e. The molecule has 0 spiro atoms. The fraction of sp³-hybridized carbons (Fsp3) is 1.00. The van der Waals surface area contributed by atoms with Crippen molar-refractivity contribution in [3.63, 3.8) is 0 Å². The van der Waals surface area contributed by atoms with Crippen molar-refractivity contribution in [2.24, 2.45) is 17.8 Å². The topological polar surface area (TPSA) is 20.2 Å². The van der Waals surface area contributed by atoms with E-state index in [-0.39, 0.29) is 4.75 Å². The normalized spacial score (nSPS) is 67.9. The quantitative estimate of drug-likeness (QED) is 0.533. The summed E-state index contributed by atoms with van der Waals surface area (Å²) in [5, 5.41) is 9.91. The summed E-state index contributed by atoms with van der Waals surface area (Å²) in [4.78, 5) is 0. The van der Waals surface area contributed by atoms with E-state index in [2.05, 4.69) is 26.5 Å². The predicted octanol–water partition coefficient (Wildman–Crippen LogP) is 1.71. The van der Waals surface area contributed by atoms with Gasteiger partial charge in [-0.1, -0.05) is 13.8 Å². The summed E-state index contributed by atoms with van der Waals surface area (Å²) in [6.07, 6.45) is 1.15. The highest BCUT2D eigenvalue weighted by molar-refractivity contribution is 7.82. The lowest BCUT2D eigenvalue weighted by molar-refractivity contribution is -0.227. The molecule has 1 nitrogen and oxygen atoms in total. The Hall–Kier alpha value is 0.310. The van der Waals surface area contributed by atoms with Gasteiger partial charge in [0.25, 0.3) is 0 Å². The Labute approximate surface area is 73.6 Å². The molecule has 11 heavy (non-hydrogen) atoms. The van der Waals surface area contributed by atoms with Crippen LogP contribution in [0.4, 0.5) is 0 Å². The molecule has 2 saturated carbocycles. The number of hydrogen-bond donors (Lipinski definition) is 2. The molecule has 1 N–H and O–H groups in total. The standard InChI is InChI=1S/C9H16OS/c1-5-4-7-8(3,10)6(2)9(5,7)11/h5-7,10-11H,4H2,1-3H3. The fourth-order valence-electron chi connectivity index (χ4n) is 3.02. The lowest BCUT2D eigenvalue weighted by Crippen LogP contribution is -2.77. The zero-order valence-corrected chi connectivity index (χ0v) is 8.23. The molecule has 5 atom stereocenters. The van der Waals surface area contributed by atoms with E-state index >= 15 is 0 Å². The van der Waals surface area contributed by atoms with Gasteiger partial charge in [0.1, 0.15) is 0 Å². The van der Waals surface area contributed by atoms with Crippen LogP contribution in [-0.2, 0) is 0 Å². The summed E-state index contributed by atoms with van der Waals surface area (Å²) in [6.45, 7) is 6.29.